The largest absolute Gasteiger partial charge is 0.347 e. The Morgan fingerprint density at radius 3 is 2.74 bits per heavy atom. The van der Waals surface area contributed by atoms with Crippen LogP contribution in [0.5, 0.6) is 0 Å². The predicted molar refractivity (Wildman–Crippen MR) is 93.2 cm³/mol. The lowest BCUT2D eigenvalue weighted by atomic mass is 10.2. The van der Waals surface area contributed by atoms with Gasteiger partial charge in [-0.3, -0.25) is 4.79 Å². The molecule has 0 spiro atoms. The van der Waals surface area contributed by atoms with Crippen LogP contribution in [0.4, 0.5) is 5.69 Å². The van der Waals surface area contributed by atoms with Crippen LogP contribution >= 0.6 is 0 Å². The number of aromatic nitrogens is 1. The van der Waals surface area contributed by atoms with Crippen LogP contribution < -0.4 is 11.1 Å². The number of nitrogens with one attached hydrogen (secondary N) is 1. The molecule has 1 aromatic heterocycles. The second-order valence-electron chi connectivity index (χ2n) is 5.80. The fourth-order valence-electron chi connectivity index (χ4n) is 2.40. The third-order valence-electron chi connectivity index (χ3n) is 3.64. The van der Waals surface area contributed by atoms with Gasteiger partial charge in [-0.2, -0.15) is 0 Å². The SMILES string of the molecule is CCCn1ccc2ccc(NC(=O)C(N)CCS(C)(=O)=O)cc21. The fraction of sp³-hybridized carbons (Fsp3) is 0.438. The van der Waals surface area contributed by atoms with Crippen LogP contribution in [0, 0.1) is 0 Å². The highest BCUT2D eigenvalue weighted by Gasteiger charge is 2.16. The number of aryl methyl sites for hydroxylation is 1. The molecular formula is C16H23N3O3S. The van der Waals surface area contributed by atoms with Crippen LogP contribution in [0.15, 0.2) is 30.5 Å². The van der Waals surface area contributed by atoms with E-state index in [9.17, 15) is 13.2 Å². The Labute approximate surface area is 136 Å². The summed E-state index contributed by atoms with van der Waals surface area (Å²) >= 11 is 0. The lowest BCUT2D eigenvalue weighted by Crippen LogP contribution is -2.37. The van der Waals surface area contributed by atoms with Crippen molar-refractivity contribution in [3.05, 3.63) is 30.5 Å². The zero-order valence-electron chi connectivity index (χ0n) is 13.5. The van der Waals surface area contributed by atoms with Crippen molar-refractivity contribution in [2.24, 2.45) is 5.73 Å². The summed E-state index contributed by atoms with van der Waals surface area (Å²) in [7, 11) is -3.12. The summed E-state index contributed by atoms with van der Waals surface area (Å²) in [6.45, 7) is 3.02. The van der Waals surface area contributed by atoms with E-state index >= 15 is 0 Å². The van der Waals surface area contributed by atoms with E-state index in [4.69, 9.17) is 5.73 Å². The van der Waals surface area contributed by atoms with Crippen molar-refractivity contribution in [3.63, 3.8) is 0 Å². The van der Waals surface area contributed by atoms with E-state index in [-0.39, 0.29) is 18.1 Å². The second-order valence-corrected chi connectivity index (χ2v) is 8.06. The molecule has 0 aliphatic carbocycles. The van der Waals surface area contributed by atoms with Crippen molar-refractivity contribution in [2.45, 2.75) is 32.4 Å². The topological polar surface area (TPSA) is 94.2 Å². The Hall–Kier alpha value is -1.86. The van der Waals surface area contributed by atoms with Gasteiger partial charge in [0.25, 0.3) is 0 Å². The van der Waals surface area contributed by atoms with Gasteiger partial charge >= 0.3 is 0 Å². The van der Waals surface area contributed by atoms with Gasteiger partial charge in [0.2, 0.25) is 5.91 Å². The van der Waals surface area contributed by atoms with E-state index in [0.29, 0.717) is 5.69 Å². The molecule has 23 heavy (non-hydrogen) atoms. The van der Waals surface area contributed by atoms with Crippen molar-refractivity contribution < 1.29 is 13.2 Å². The molecule has 2 aromatic rings. The van der Waals surface area contributed by atoms with Crippen LogP contribution in [0.1, 0.15) is 19.8 Å². The van der Waals surface area contributed by atoms with Crippen molar-refractivity contribution in [1.82, 2.24) is 4.57 Å². The Morgan fingerprint density at radius 1 is 1.35 bits per heavy atom. The van der Waals surface area contributed by atoms with E-state index in [1.807, 2.05) is 30.5 Å². The molecule has 7 heteroatoms. The maximum atomic E-state index is 12.1. The Kier molecular flexibility index (Phi) is 5.43. The number of fused-ring (bicyclic) bond motifs is 1. The lowest BCUT2D eigenvalue weighted by molar-refractivity contribution is -0.117. The first-order valence-electron chi connectivity index (χ1n) is 7.63. The predicted octanol–water partition coefficient (Wildman–Crippen LogP) is 1.75. The molecule has 0 fully saturated rings. The molecule has 1 atom stereocenters. The third-order valence-corrected chi connectivity index (χ3v) is 4.62. The van der Waals surface area contributed by atoms with Crippen molar-refractivity contribution >= 4 is 32.3 Å². The first kappa shape index (κ1) is 17.5. The molecule has 1 unspecified atom stereocenters. The molecule has 1 aromatic carbocycles. The summed E-state index contributed by atoms with van der Waals surface area (Å²) in [4.78, 5) is 12.1. The van der Waals surface area contributed by atoms with Crippen molar-refractivity contribution in [2.75, 3.05) is 17.3 Å². The standard InChI is InChI=1S/C16H23N3O3S/c1-3-8-19-9-6-12-4-5-13(11-15(12)19)18-16(20)14(17)7-10-23(2,21)22/h4-6,9,11,14H,3,7-8,10,17H2,1-2H3,(H,18,20). The van der Waals surface area contributed by atoms with Gasteiger partial charge in [0, 0.05) is 24.7 Å². The van der Waals surface area contributed by atoms with Crippen LogP contribution in [-0.2, 0) is 21.2 Å². The van der Waals surface area contributed by atoms with Crippen LogP contribution in [0.25, 0.3) is 10.9 Å². The minimum absolute atomic E-state index is 0.0972. The van der Waals surface area contributed by atoms with Crippen LogP contribution in [0.2, 0.25) is 0 Å². The van der Waals surface area contributed by atoms with Gasteiger partial charge in [0.15, 0.2) is 0 Å². The van der Waals surface area contributed by atoms with E-state index in [1.54, 1.807) is 0 Å². The molecule has 2 rings (SSSR count). The Morgan fingerprint density at radius 2 is 2.09 bits per heavy atom. The zero-order chi connectivity index (χ0) is 17.0. The molecule has 0 aliphatic rings. The fourth-order valence-corrected chi connectivity index (χ4v) is 3.09. The van der Waals surface area contributed by atoms with Gasteiger partial charge in [-0.05, 0) is 36.4 Å². The molecule has 1 heterocycles. The minimum atomic E-state index is -3.12. The molecule has 3 N–H and O–H groups in total. The number of sulfone groups is 1. The maximum absolute atomic E-state index is 12.1. The van der Waals surface area contributed by atoms with Crippen molar-refractivity contribution in [1.29, 1.82) is 0 Å². The Balaban J connectivity index is 2.08. The summed E-state index contributed by atoms with van der Waals surface area (Å²) < 4.78 is 24.4. The van der Waals surface area contributed by atoms with Crippen molar-refractivity contribution in [3.8, 4) is 0 Å². The summed E-state index contributed by atoms with van der Waals surface area (Å²) in [5.74, 6) is -0.471. The number of hydrogen-bond acceptors (Lipinski definition) is 4. The number of amides is 1. The molecule has 0 bridgehead atoms. The minimum Gasteiger partial charge on any atom is -0.347 e. The summed E-state index contributed by atoms with van der Waals surface area (Å²) in [6, 6.07) is 6.86. The number of nitrogens with zero attached hydrogens (tertiary/aromatic N) is 1. The number of hydrogen-bond donors (Lipinski definition) is 2. The molecule has 126 valence electrons. The van der Waals surface area contributed by atoms with E-state index < -0.39 is 15.9 Å². The van der Waals surface area contributed by atoms with Gasteiger partial charge in [-0.15, -0.1) is 0 Å². The highest BCUT2D eigenvalue weighted by molar-refractivity contribution is 7.90. The normalized spacial score (nSPS) is 13.2. The average molecular weight is 337 g/mol. The Bertz CT molecular complexity index is 796. The molecule has 0 radical (unpaired) electrons. The maximum Gasteiger partial charge on any atom is 0.241 e. The molecule has 0 saturated heterocycles. The molecule has 0 saturated carbocycles. The zero-order valence-corrected chi connectivity index (χ0v) is 14.3. The lowest BCUT2D eigenvalue weighted by Gasteiger charge is -2.12. The third kappa shape index (κ3) is 4.80. The van der Waals surface area contributed by atoms with E-state index in [0.717, 1.165) is 30.1 Å². The first-order chi connectivity index (χ1) is 10.8. The van der Waals surface area contributed by atoms with Gasteiger partial charge < -0.3 is 15.6 Å². The van der Waals surface area contributed by atoms with E-state index in [2.05, 4.69) is 16.8 Å². The molecular weight excluding hydrogens is 314 g/mol. The molecule has 1 amide bonds. The van der Waals surface area contributed by atoms with Gasteiger partial charge in [0.05, 0.1) is 17.3 Å². The number of carbonyl (C=O) groups excluding carboxylic acids is 1. The number of anilines is 1. The number of benzene rings is 1. The van der Waals surface area contributed by atoms with Crippen LogP contribution in [-0.4, -0.2) is 36.9 Å². The summed E-state index contributed by atoms with van der Waals surface area (Å²) in [5, 5.41) is 3.87. The summed E-state index contributed by atoms with van der Waals surface area (Å²) in [6.07, 6.45) is 4.29. The smallest absolute Gasteiger partial charge is 0.241 e. The van der Waals surface area contributed by atoms with Crippen LogP contribution in [0.3, 0.4) is 0 Å². The monoisotopic (exact) mass is 337 g/mol. The average Bonchev–Trinajstić information content (AvgIpc) is 2.87. The first-order valence-corrected chi connectivity index (χ1v) is 9.69. The number of carbonyl (C=O) groups is 1. The number of nitrogens with two attached hydrogens (primary N) is 1. The second kappa shape index (κ2) is 7.14. The highest BCUT2D eigenvalue weighted by Crippen LogP contribution is 2.21. The molecule has 6 nitrogen and oxygen atoms in total. The number of rotatable bonds is 7. The van der Waals surface area contributed by atoms with E-state index in [1.165, 1.54) is 0 Å². The van der Waals surface area contributed by atoms with Gasteiger partial charge in [-0.1, -0.05) is 13.0 Å². The molecule has 0 aliphatic heterocycles. The quantitative estimate of drug-likeness (QED) is 0.805. The van der Waals surface area contributed by atoms with Gasteiger partial charge in [-0.25, -0.2) is 8.42 Å². The summed E-state index contributed by atoms with van der Waals surface area (Å²) in [5.41, 5.74) is 7.47. The van der Waals surface area contributed by atoms with Gasteiger partial charge in [0.1, 0.15) is 9.84 Å². The highest BCUT2D eigenvalue weighted by atomic mass is 32.2.